The zero-order chi connectivity index (χ0) is 23.1. The lowest BCUT2D eigenvalue weighted by atomic mass is 10.1. The predicted molar refractivity (Wildman–Crippen MR) is 123 cm³/mol. The van der Waals surface area contributed by atoms with E-state index in [0.717, 1.165) is 44.9 Å². The number of rotatable bonds is 13. The van der Waals surface area contributed by atoms with Crippen molar-refractivity contribution in [1.82, 2.24) is 5.06 Å². The average Bonchev–Trinajstić information content (AvgIpc) is 2.71. The highest BCUT2D eigenvalue weighted by atomic mass is 16.8. The Bertz CT molecular complexity index is 640. The summed E-state index contributed by atoms with van der Waals surface area (Å²) >= 11 is 0. The van der Waals surface area contributed by atoms with E-state index in [1.165, 1.54) is 21.8 Å². The first-order chi connectivity index (χ1) is 14.8. The van der Waals surface area contributed by atoms with Gasteiger partial charge in [0.15, 0.2) is 6.29 Å². The molecule has 0 aromatic carbocycles. The zero-order valence-electron chi connectivity index (χ0n) is 20.1. The van der Waals surface area contributed by atoms with E-state index in [1.807, 2.05) is 6.08 Å². The molecule has 0 N–H and O–H groups in total. The van der Waals surface area contributed by atoms with Gasteiger partial charge in [-0.25, -0.2) is 9.90 Å². The summed E-state index contributed by atoms with van der Waals surface area (Å²) in [5.74, 6) is -0.952. The number of allylic oxidation sites excluding steroid dienone is 5. The van der Waals surface area contributed by atoms with Crippen molar-refractivity contribution in [3.05, 3.63) is 34.9 Å². The van der Waals surface area contributed by atoms with Crippen LogP contribution in [0.25, 0.3) is 0 Å². The van der Waals surface area contributed by atoms with Crippen molar-refractivity contribution in [3.63, 3.8) is 0 Å². The van der Waals surface area contributed by atoms with Crippen LogP contribution in [0.4, 0.5) is 0 Å². The first-order valence-electron chi connectivity index (χ1n) is 11.5. The molecular formula is C25H41NO5. The molecule has 0 aliphatic carbocycles. The molecule has 1 fully saturated rings. The van der Waals surface area contributed by atoms with Gasteiger partial charge in [-0.3, -0.25) is 9.59 Å². The Morgan fingerprint density at radius 2 is 1.68 bits per heavy atom. The minimum absolute atomic E-state index is 0.249. The maximum absolute atomic E-state index is 12.6. The number of hydrogen-bond donors (Lipinski definition) is 0. The van der Waals surface area contributed by atoms with Crippen LogP contribution in [0.2, 0.25) is 0 Å². The Morgan fingerprint density at radius 3 is 2.29 bits per heavy atom. The van der Waals surface area contributed by atoms with Crippen LogP contribution in [-0.4, -0.2) is 43.0 Å². The summed E-state index contributed by atoms with van der Waals surface area (Å²) < 4.78 is 10.5. The van der Waals surface area contributed by atoms with Gasteiger partial charge >= 0.3 is 5.97 Å². The number of carbonyl (C=O) groups is 2. The average molecular weight is 436 g/mol. The standard InChI is InChI=1S/C25H41NO5/c1-6-29-24(28)19-23(27)26(31-25-15-7-8-18-30-25)17-16-22(5)14-10-13-21(4)12-9-11-20(2)3/h11,13,16,25H,6-10,12,14-15,17-19H2,1-5H3/b21-13+,22-16+. The summed E-state index contributed by atoms with van der Waals surface area (Å²) in [5, 5.41) is 1.25. The van der Waals surface area contributed by atoms with Gasteiger partial charge in [-0.05, 0) is 73.1 Å². The molecule has 0 saturated carbocycles. The third kappa shape index (κ3) is 13.2. The molecule has 1 aliphatic rings. The minimum atomic E-state index is -0.542. The van der Waals surface area contributed by atoms with Crippen LogP contribution in [-0.2, 0) is 23.9 Å². The van der Waals surface area contributed by atoms with E-state index in [2.05, 4.69) is 39.8 Å². The molecule has 1 heterocycles. The van der Waals surface area contributed by atoms with Crippen molar-refractivity contribution >= 4 is 11.9 Å². The highest BCUT2D eigenvalue weighted by Gasteiger charge is 2.24. The molecule has 1 saturated heterocycles. The fourth-order valence-electron chi connectivity index (χ4n) is 3.14. The molecule has 1 rings (SSSR count). The zero-order valence-corrected chi connectivity index (χ0v) is 20.1. The number of hydrogen-bond acceptors (Lipinski definition) is 5. The first-order valence-corrected chi connectivity index (χ1v) is 11.5. The fraction of sp³-hybridized carbons (Fsp3) is 0.680. The number of esters is 1. The van der Waals surface area contributed by atoms with E-state index in [9.17, 15) is 9.59 Å². The summed E-state index contributed by atoms with van der Waals surface area (Å²) in [4.78, 5) is 30.1. The lowest BCUT2D eigenvalue weighted by Crippen LogP contribution is -2.38. The number of carbonyl (C=O) groups excluding carboxylic acids is 2. The third-order valence-corrected chi connectivity index (χ3v) is 4.99. The van der Waals surface area contributed by atoms with Gasteiger partial charge in [0.25, 0.3) is 5.91 Å². The Morgan fingerprint density at radius 1 is 1.00 bits per heavy atom. The van der Waals surface area contributed by atoms with Crippen LogP contribution < -0.4 is 0 Å². The highest BCUT2D eigenvalue weighted by Crippen LogP contribution is 2.17. The Labute approximate surface area is 188 Å². The van der Waals surface area contributed by atoms with Crippen molar-refractivity contribution < 1.29 is 23.9 Å². The summed E-state index contributed by atoms with van der Waals surface area (Å²) in [6.07, 6.45) is 12.5. The Kier molecular flexibility index (Phi) is 13.8. The van der Waals surface area contributed by atoms with Gasteiger partial charge in [-0.1, -0.05) is 34.9 Å². The summed E-state index contributed by atoms with van der Waals surface area (Å²) in [7, 11) is 0. The van der Waals surface area contributed by atoms with Crippen molar-refractivity contribution in [2.75, 3.05) is 19.8 Å². The maximum atomic E-state index is 12.6. The van der Waals surface area contributed by atoms with Crippen LogP contribution in [0.1, 0.15) is 86.0 Å². The van der Waals surface area contributed by atoms with Gasteiger partial charge < -0.3 is 9.47 Å². The molecule has 0 aromatic rings. The fourth-order valence-corrected chi connectivity index (χ4v) is 3.14. The third-order valence-electron chi connectivity index (χ3n) is 4.99. The van der Waals surface area contributed by atoms with Crippen LogP contribution in [0, 0.1) is 0 Å². The van der Waals surface area contributed by atoms with E-state index < -0.39 is 18.2 Å². The largest absolute Gasteiger partial charge is 0.466 e. The smallest absolute Gasteiger partial charge is 0.315 e. The predicted octanol–water partition coefficient (Wildman–Crippen LogP) is 5.65. The lowest BCUT2D eigenvalue weighted by Gasteiger charge is -2.28. The topological polar surface area (TPSA) is 65.1 Å². The molecule has 31 heavy (non-hydrogen) atoms. The number of ether oxygens (including phenoxy) is 2. The van der Waals surface area contributed by atoms with Gasteiger partial charge in [0, 0.05) is 13.0 Å². The van der Waals surface area contributed by atoms with Crippen molar-refractivity contribution in [1.29, 1.82) is 0 Å². The number of amides is 1. The molecule has 0 radical (unpaired) electrons. The molecule has 6 heteroatoms. The molecule has 0 spiro atoms. The van der Waals surface area contributed by atoms with Crippen LogP contribution >= 0.6 is 0 Å². The first kappa shape index (κ1) is 27.1. The number of nitrogens with zero attached hydrogens (tertiary/aromatic N) is 1. The minimum Gasteiger partial charge on any atom is -0.466 e. The normalized spacial score (nSPS) is 17.3. The highest BCUT2D eigenvalue weighted by molar-refractivity contribution is 5.93. The molecule has 0 bridgehead atoms. The molecule has 0 aromatic heterocycles. The van der Waals surface area contributed by atoms with E-state index in [-0.39, 0.29) is 19.6 Å². The maximum Gasteiger partial charge on any atom is 0.315 e. The van der Waals surface area contributed by atoms with Gasteiger partial charge in [-0.15, -0.1) is 0 Å². The second kappa shape index (κ2) is 15.8. The van der Waals surface area contributed by atoms with E-state index in [1.54, 1.807) is 6.92 Å². The van der Waals surface area contributed by atoms with Gasteiger partial charge in [0.2, 0.25) is 0 Å². The van der Waals surface area contributed by atoms with Gasteiger partial charge in [0.1, 0.15) is 6.42 Å². The van der Waals surface area contributed by atoms with Gasteiger partial charge in [0.05, 0.1) is 13.2 Å². The second-order valence-corrected chi connectivity index (χ2v) is 8.30. The van der Waals surface area contributed by atoms with Gasteiger partial charge in [-0.2, -0.15) is 0 Å². The molecule has 6 nitrogen and oxygen atoms in total. The van der Waals surface area contributed by atoms with Crippen LogP contribution in [0.15, 0.2) is 34.9 Å². The van der Waals surface area contributed by atoms with E-state index >= 15 is 0 Å². The molecular weight excluding hydrogens is 394 g/mol. The lowest BCUT2D eigenvalue weighted by molar-refractivity contribution is -0.276. The molecule has 176 valence electrons. The molecule has 1 aliphatic heterocycles. The SMILES string of the molecule is CCOC(=O)CC(=O)N(C/C=C(\C)CC/C=C(\C)CCC=C(C)C)OC1CCCCO1. The quantitative estimate of drug-likeness (QED) is 0.162. The number of hydroxylamine groups is 2. The van der Waals surface area contributed by atoms with Crippen molar-refractivity contribution in [3.8, 4) is 0 Å². The van der Waals surface area contributed by atoms with E-state index in [0.29, 0.717) is 6.61 Å². The Balaban J connectivity index is 2.58. The second-order valence-electron chi connectivity index (χ2n) is 8.30. The summed E-state index contributed by atoms with van der Waals surface area (Å²) in [6.45, 7) is 11.3. The molecule has 1 atom stereocenters. The summed E-state index contributed by atoms with van der Waals surface area (Å²) in [6, 6.07) is 0. The van der Waals surface area contributed by atoms with Crippen LogP contribution in [0.3, 0.4) is 0 Å². The molecule has 1 unspecified atom stereocenters. The van der Waals surface area contributed by atoms with Crippen molar-refractivity contribution in [2.45, 2.75) is 92.3 Å². The monoisotopic (exact) mass is 435 g/mol. The van der Waals surface area contributed by atoms with Crippen LogP contribution in [0.5, 0.6) is 0 Å². The summed E-state index contributed by atoms with van der Waals surface area (Å²) in [5.41, 5.74) is 3.93. The van der Waals surface area contributed by atoms with E-state index in [4.69, 9.17) is 14.3 Å². The van der Waals surface area contributed by atoms with Crippen molar-refractivity contribution in [2.24, 2.45) is 0 Å². The Hall–Kier alpha value is -1.92. The molecule has 1 amide bonds.